The number of sulfonamides is 1. The Morgan fingerprint density at radius 3 is 2.65 bits per heavy atom. The Hall–Kier alpha value is -2.40. The van der Waals surface area contributed by atoms with Crippen LogP contribution in [0, 0.1) is 11.8 Å². The van der Waals surface area contributed by atoms with Gasteiger partial charge in [-0.3, -0.25) is 0 Å². The minimum absolute atomic E-state index is 0.0390. The molecule has 136 valence electrons. The molecule has 0 saturated carbocycles. The molecule has 0 saturated heterocycles. The van der Waals surface area contributed by atoms with Gasteiger partial charge in [0, 0.05) is 6.07 Å². The van der Waals surface area contributed by atoms with Crippen LogP contribution >= 0.6 is 11.6 Å². The lowest BCUT2D eigenvalue weighted by Crippen LogP contribution is -2.24. The van der Waals surface area contributed by atoms with Crippen molar-refractivity contribution in [2.75, 3.05) is 26.4 Å². The van der Waals surface area contributed by atoms with Gasteiger partial charge >= 0.3 is 0 Å². The summed E-state index contributed by atoms with van der Waals surface area (Å²) in [5.41, 5.74) is 0. The minimum Gasteiger partial charge on any atom is -0.486 e. The molecule has 26 heavy (non-hydrogen) atoms. The Bertz CT molecular complexity index is 950. The van der Waals surface area contributed by atoms with Gasteiger partial charge in [-0.1, -0.05) is 35.6 Å². The number of nitrogens with one attached hydrogen (secondary N) is 1. The standard InChI is InChI=1S/C18H16ClNO5S/c19-15-5-1-2-6-16(15)23-10-4-3-9-20-26(21,22)14-7-8-17-18(13-14)25-12-11-24-17/h1-2,5-8,13,20H,9-12H2. The zero-order valence-electron chi connectivity index (χ0n) is 13.7. The molecule has 0 amide bonds. The van der Waals surface area contributed by atoms with E-state index in [9.17, 15) is 8.42 Å². The van der Waals surface area contributed by atoms with Gasteiger partial charge in [-0.25, -0.2) is 8.42 Å². The summed E-state index contributed by atoms with van der Waals surface area (Å²) in [6.07, 6.45) is 0. The average molecular weight is 394 g/mol. The second-order valence-corrected chi connectivity index (χ2v) is 7.38. The van der Waals surface area contributed by atoms with Crippen molar-refractivity contribution in [3.63, 3.8) is 0 Å². The molecule has 1 N–H and O–H groups in total. The van der Waals surface area contributed by atoms with Crippen LogP contribution in [0.15, 0.2) is 47.4 Å². The van der Waals surface area contributed by atoms with Crippen LogP contribution in [-0.2, 0) is 10.0 Å². The second kappa shape index (κ2) is 8.32. The summed E-state index contributed by atoms with van der Waals surface area (Å²) in [6.45, 7) is 0.905. The first-order valence-corrected chi connectivity index (χ1v) is 9.65. The quantitative estimate of drug-likeness (QED) is 0.790. The highest BCUT2D eigenvalue weighted by Gasteiger charge is 2.18. The van der Waals surface area contributed by atoms with Gasteiger partial charge in [-0.15, -0.1) is 0 Å². The molecule has 2 aromatic carbocycles. The van der Waals surface area contributed by atoms with E-state index in [2.05, 4.69) is 16.6 Å². The molecule has 0 radical (unpaired) electrons. The largest absolute Gasteiger partial charge is 0.486 e. The van der Waals surface area contributed by atoms with Crippen LogP contribution in [0.25, 0.3) is 0 Å². The average Bonchev–Trinajstić information content (AvgIpc) is 2.65. The van der Waals surface area contributed by atoms with Crippen LogP contribution in [-0.4, -0.2) is 34.8 Å². The number of benzene rings is 2. The molecule has 0 aliphatic carbocycles. The molecule has 6 nitrogen and oxygen atoms in total. The number of halogens is 1. The molecular weight excluding hydrogens is 378 g/mol. The number of hydrogen-bond donors (Lipinski definition) is 1. The van der Waals surface area contributed by atoms with E-state index in [1.807, 2.05) is 0 Å². The summed E-state index contributed by atoms with van der Waals surface area (Å²) < 4.78 is 43.2. The van der Waals surface area contributed by atoms with Crippen molar-refractivity contribution >= 4 is 21.6 Å². The van der Waals surface area contributed by atoms with Crippen LogP contribution in [0.3, 0.4) is 0 Å². The molecular formula is C18H16ClNO5S. The minimum atomic E-state index is -3.69. The lowest BCUT2D eigenvalue weighted by atomic mass is 10.3. The molecule has 1 heterocycles. The Morgan fingerprint density at radius 1 is 1.08 bits per heavy atom. The topological polar surface area (TPSA) is 73.9 Å². The smallest absolute Gasteiger partial charge is 0.241 e. The predicted octanol–water partition coefficient (Wildman–Crippen LogP) is 2.47. The molecule has 0 atom stereocenters. The predicted molar refractivity (Wildman–Crippen MR) is 97.3 cm³/mol. The highest BCUT2D eigenvalue weighted by molar-refractivity contribution is 7.89. The van der Waals surface area contributed by atoms with Crippen LogP contribution in [0.2, 0.25) is 5.02 Å². The van der Waals surface area contributed by atoms with Crippen molar-refractivity contribution in [2.24, 2.45) is 0 Å². The third kappa shape index (κ3) is 4.61. The maximum Gasteiger partial charge on any atom is 0.241 e. The van der Waals surface area contributed by atoms with E-state index in [4.69, 9.17) is 25.8 Å². The van der Waals surface area contributed by atoms with Gasteiger partial charge in [0.2, 0.25) is 10.0 Å². The highest BCUT2D eigenvalue weighted by atomic mass is 35.5. The highest BCUT2D eigenvalue weighted by Crippen LogP contribution is 2.32. The van der Waals surface area contributed by atoms with Gasteiger partial charge < -0.3 is 14.2 Å². The molecule has 1 aliphatic heterocycles. The molecule has 0 unspecified atom stereocenters. The van der Waals surface area contributed by atoms with Gasteiger partial charge in [0.15, 0.2) is 11.5 Å². The van der Waals surface area contributed by atoms with Gasteiger partial charge in [0.1, 0.15) is 25.6 Å². The third-order valence-electron chi connectivity index (χ3n) is 3.44. The molecule has 1 aliphatic rings. The van der Waals surface area contributed by atoms with Crippen LogP contribution in [0.4, 0.5) is 0 Å². The SMILES string of the molecule is O=S(=O)(NCC#CCOc1ccccc1Cl)c1ccc2c(c1)OCCO2. The Labute approximate surface area is 157 Å². The van der Waals surface area contributed by atoms with Crippen molar-refractivity contribution in [3.8, 4) is 29.1 Å². The molecule has 3 rings (SSSR count). The lowest BCUT2D eigenvalue weighted by molar-refractivity contribution is 0.171. The number of hydrogen-bond acceptors (Lipinski definition) is 5. The van der Waals surface area contributed by atoms with Gasteiger partial charge in [0.25, 0.3) is 0 Å². The maximum atomic E-state index is 12.3. The summed E-state index contributed by atoms with van der Waals surface area (Å²) in [4.78, 5) is 0.0934. The molecule has 0 bridgehead atoms. The summed E-state index contributed by atoms with van der Waals surface area (Å²) in [5, 5.41) is 0.494. The van der Waals surface area contributed by atoms with E-state index >= 15 is 0 Å². The van der Waals surface area contributed by atoms with Crippen LogP contribution in [0.1, 0.15) is 0 Å². The summed E-state index contributed by atoms with van der Waals surface area (Å²) in [6, 6.07) is 11.5. The van der Waals surface area contributed by atoms with E-state index < -0.39 is 10.0 Å². The van der Waals surface area contributed by atoms with Gasteiger partial charge in [-0.2, -0.15) is 4.72 Å². The third-order valence-corrected chi connectivity index (χ3v) is 5.15. The number of fused-ring (bicyclic) bond motifs is 1. The van der Waals surface area contributed by atoms with Crippen molar-refractivity contribution in [1.29, 1.82) is 0 Å². The number of rotatable bonds is 5. The number of ether oxygens (including phenoxy) is 3. The maximum absolute atomic E-state index is 12.3. The van der Waals surface area contributed by atoms with Crippen molar-refractivity contribution in [2.45, 2.75) is 4.90 Å². The van der Waals surface area contributed by atoms with Gasteiger partial charge in [-0.05, 0) is 24.3 Å². The molecule has 0 spiro atoms. The Morgan fingerprint density at radius 2 is 1.85 bits per heavy atom. The molecule has 2 aromatic rings. The molecule has 0 aromatic heterocycles. The normalized spacial score (nSPS) is 12.8. The van der Waals surface area contributed by atoms with E-state index in [1.165, 1.54) is 12.1 Å². The number of para-hydroxylation sites is 1. The molecule has 0 fully saturated rings. The van der Waals surface area contributed by atoms with E-state index in [1.54, 1.807) is 30.3 Å². The zero-order valence-corrected chi connectivity index (χ0v) is 15.3. The first-order chi connectivity index (χ1) is 12.6. The van der Waals surface area contributed by atoms with Crippen molar-refractivity contribution in [1.82, 2.24) is 4.72 Å². The van der Waals surface area contributed by atoms with E-state index in [-0.39, 0.29) is 18.0 Å². The van der Waals surface area contributed by atoms with E-state index in [0.717, 1.165) is 0 Å². The summed E-state index contributed by atoms with van der Waals surface area (Å²) in [7, 11) is -3.69. The zero-order chi connectivity index (χ0) is 18.4. The van der Waals surface area contributed by atoms with Crippen LogP contribution in [0.5, 0.6) is 17.2 Å². The fraction of sp³-hybridized carbons (Fsp3) is 0.222. The van der Waals surface area contributed by atoms with E-state index in [0.29, 0.717) is 35.5 Å². The summed E-state index contributed by atoms with van der Waals surface area (Å²) in [5.74, 6) is 6.91. The van der Waals surface area contributed by atoms with Crippen LogP contribution < -0.4 is 18.9 Å². The second-order valence-electron chi connectivity index (χ2n) is 5.20. The lowest BCUT2D eigenvalue weighted by Gasteiger charge is -2.18. The van der Waals surface area contributed by atoms with Gasteiger partial charge in [0.05, 0.1) is 16.5 Å². The monoisotopic (exact) mass is 393 g/mol. The van der Waals surface area contributed by atoms with Crippen molar-refractivity contribution in [3.05, 3.63) is 47.5 Å². The summed E-state index contributed by atoms with van der Waals surface area (Å²) >= 11 is 5.96. The van der Waals surface area contributed by atoms with Crippen molar-refractivity contribution < 1.29 is 22.6 Å². The Kier molecular flexibility index (Phi) is 5.89. The fourth-order valence-electron chi connectivity index (χ4n) is 2.19. The first-order valence-electron chi connectivity index (χ1n) is 7.79. The first kappa shape index (κ1) is 18.4. The molecule has 8 heteroatoms. The fourth-order valence-corrected chi connectivity index (χ4v) is 3.32. The Balaban J connectivity index is 1.54.